The number of aromatic nitrogens is 1. The van der Waals surface area contributed by atoms with Crippen LogP contribution in [0.5, 0.6) is 17.2 Å². The van der Waals surface area contributed by atoms with Gasteiger partial charge in [-0.2, -0.15) is 0 Å². The topological polar surface area (TPSA) is 88.4 Å². The lowest BCUT2D eigenvalue weighted by atomic mass is 9.95. The summed E-state index contributed by atoms with van der Waals surface area (Å²) in [6, 6.07) is 12.3. The van der Waals surface area contributed by atoms with Gasteiger partial charge in [-0.3, -0.25) is 9.36 Å². The number of carbonyl (C=O) groups is 1. The number of para-hydroxylation sites is 1. The molecule has 0 bridgehead atoms. The third kappa shape index (κ3) is 6.73. The van der Waals surface area contributed by atoms with Gasteiger partial charge in [0.25, 0.3) is 5.56 Å². The monoisotopic (exact) mass is 578 g/mol. The van der Waals surface area contributed by atoms with Crippen LogP contribution in [0.25, 0.3) is 6.08 Å². The maximum atomic E-state index is 14.0. The van der Waals surface area contributed by atoms with Gasteiger partial charge in [0.05, 0.1) is 41.7 Å². The van der Waals surface area contributed by atoms with E-state index < -0.39 is 12.0 Å². The van der Waals surface area contributed by atoms with Crippen LogP contribution >= 0.6 is 11.3 Å². The lowest BCUT2D eigenvalue weighted by Gasteiger charge is -2.26. The van der Waals surface area contributed by atoms with E-state index in [1.165, 1.54) is 11.3 Å². The predicted molar refractivity (Wildman–Crippen MR) is 161 cm³/mol. The second-order valence-corrected chi connectivity index (χ2v) is 11.4. The zero-order valence-electron chi connectivity index (χ0n) is 24.7. The molecule has 1 aliphatic heterocycles. The van der Waals surface area contributed by atoms with Crippen LogP contribution in [0, 0.1) is 5.92 Å². The van der Waals surface area contributed by atoms with Crippen molar-refractivity contribution in [1.29, 1.82) is 0 Å². The Hall–Kier alpha value is -3.85. The smallest absolute Gasteiger partial charge is 0.338 e. The number of fused-ring (bicyclic) bond motifs is 1. The summed E-state index contributed by atoms with van der Waals surface area (Å²) in [7, 11) is 0. The van der Waals surface area contributed by atoms with Crippen LogP contribution in [0.3, 0.4) is 0 Å². The van der Waals surface area contributed by atoms with E-state index >= 15 is 0 Å². The van der Waals surface area contributed by atoms with Crippen LogP contribution in [0.2, 0.25) is 0 Å². The van der Waals surface area contributed by atoms with Gasteiger partial charge in [0, 0.05) is 5.56 Å². The van der Waals surface area contributed by atoms with Gasteiger partial charge in [-0.05, 0) is 70.4 Å². The molecular weight excluding hydrogens is 540 g/mol. The molecule has 2 heterocycles. The third-order valence-corrected chi connectivity index (χ3v) is 7.21. The number of ether oxygens (including phenoxy) is 4. The van der Waals surface area contributed by atoms with Crippen molar-refractivity contribution in [1.82, 2.24) is 4.57 Å². The average Bonchev–Trinajstić information content (AvgIpc) is 3.21. The van der Waals surface area contributed by atoms with Crippen LogP contribution in [-0.2, 0) is 9.53 Å². The normalized spacial score (nSPS) is 15.1. The van der Waals surface area contributed by atoms with Gasteiger partial charge < -0.3 is 18.9 Å². The minimum absolute atomic E-state index is 0.102. The van der Waals surface area contributed by atoms with Gasteiger partial charge in [0.2, 0.25) is 0 Å². The van der Waals surface area contributed by atoms with E-state index in [1.54, 1.807) is 18.4 Å². The van der Waals surface area contributed by atoms with E-state index in [-0.39, 0.29) is 18.3 Å². The molecule has 0 N–H and O–H groups in total. The first kappa shape index (κ1) is 30.1. The lowest BCUT2D eigenvalue weighted by Crippen LogP contribution is -2.40. The summed E-state index contributed by atoms with van der Waals surface area (Å²) >= 11 is 1.27. The summed E-state index contributed by atoms with van der Waals surface area (Å²) in [4.78, 5) is 32.5. The summed E-state index contributed by atoms with van der Waals surface area (Å²) < 4.78 is 25.4. The van der Waals surface area contributed by atoms with Gasteiger partial charge in [0.15, 0.2) is 16.3 Å². The number of rotatable bonds is 11. The highest BCUT2D eigenvalue weighted by molar-refractivity contribution is 7.07. The van der Waals surface area contributed by atoms with Crippen LogP contribution in [0.1, 0.15) is 65.6 Å². The number of thiazole rings is 1. The molecular formula is C32H38N2O6S. The number of carbonyl (C=O) groups excluding carboxylic acids is 1. The molecule has 0 fully saturated rings. The first-order valence-corrected chi connectivity index (χ1v) is 14.8. The fourth-order valence-corrected chi connectivity index (χ4v) is 5.61. The largest absolute Gasteiger partial charge is 0.491 e. The van der Waals surface area contributed by atoms with Crippen LogP contribution in [0.15, 0.2) is 63.5 Å². The number of nitrogens with zero attached hydrogens (tertiary/aromatic N) is 2. The summed E-state index contributed by atoms with van der Waals surface area (Å²) in [5.41, 5.74) is 2.04. The second-order valence-electron chi connectivity index (χ2n) is 10.4. The minimum Gasteiger partial charge on any atom is -0.491 e. The molecule has 41 heavy (non-hydrogen) atoms. The fraction of sp³-hybridized carbons (Fsp3) is 0.406. The van der Waals surface area contributed by atoms with E-state index in [4.69, 9.17) is 18.9 Å². The first-order chi connectivity index (χ1) is 19.6. The number of hydrogen-bond acceptors (Lipinski definition) is 8. The van der Waals surface area contributed by atoms with Crippen molar-refractivity contribution in [2.24, 2.45) is 10.9 Å². The Labute approximate surface area is 244 Å². The minimum atomic E-state index is -0.756. The van der Waals surface area contributed by atoms with E-state index in [0.717, 1.165) is 5.56 Å². The van der Waals surface area contributed by atoms with E-state index in [2.05, 4.69) is 18.8 Å². The van der Waals surface area contributed by atoms with E-state index in [0.29, 0.717) is 62.5 Å². The highest BCUT2D eigenvalue weighted by atomic mass is 32.1. The first-order valence-electron chi connectivity index (χ1n) is 14.0. The molecule has 0 aliphatic carbocycles. The summed E-state index contributed by atoms with van der Waals surface area (Å²) in [6.45, 7) is 14.7. The number of hydrogen-bond donors (Lipinski definition) is 0. The van der Waals surface area contributed by atoms with Crippen LogP contribution in [0.4, 0.5) is 0 Å². The van der Waals surface area contributed by atoms with Gasteiger partial charge in [-0.25, -0.2) is 9.79 Å². The standard InChI is InChI=1S/C32H38N2O6S/c1-8-37-26-16-22(14-15-25(26)39-18-19(3)4)17-27-30(35)34-29(23-12-10-11-13-24(23)40-20(5)6)28(31(36)38-9-2)21(7)33-32(34)41-27/h10-17,19-20,29H,8-9,18H2,1-7H3. The Morgan fingerprint density at radius 2 is 1.78 bits per heavy atom. The fourth-order valence-electron chi connectivity index (χ4n) is 4.56. The summed E-state index contributed by atoms with van der Waals surface area (Å²) in [6.07, 6.45) is 1.71. The van der Waals surface area contributed by atoms with Crippen molar-refractivity contribution in [2.75, 3.05) is 19.8 Å². The summed E-state index contributed by atoms with van der Waals surface area (Å²) in [5, 5.41) is 0. The van der Waals surface area contributed by atoms with E-state index in [9.17, 15) is 9.59 Å². The SMILES string of the molecule is CCOC(=O)C1=C(C)N=c2sc(=Cc3ccc(OCC(C)C)c(OCC)c3)c(=O)n2C1c1ccccc1OC(C)C. The maximum absolute atomic E-state index is 14.0. The van der Waals surface area contributed by atoms with Gasteiger partial charge in [-0.15, -0.1) is 0 Å². The third-order valence-electron chi connectivity index (χ3n) is 6.23. The number of esters is 1. The number of benzene rings is 2. The van der Waals surface area contributed by atoms with Crippen molar-refractivity contribution >= 4 is 23.4 Å². The van der Waals surface area contributed by atoms with Gasteiger partial charge in [0.1, 0.15) is 11.8 Å². The molecule has 0 saturated heterocycles. The average molecular weight is 579 g/mol. The molecule has 0 saturated carbocycles. The molecule has 1 aliphatic rings. The van der Waals surface area contributed by atoms with Gasteiger partial charge >= 0.3 is 5.97 Å². The molecule has 4 rings (SSSR count). The Bertz CT molecular complexity index is 1620. The molecule has 218 valence electrons. The molecule has 9 heteroatoms. The predicted octanol–water partition coefficient (Wildman–Crippen LogP) is 5.02. The van der Waals surface area contributed by atoms with Crippen LogP contribution in [-0.4, -0.2) is 36.5 Å². The quantitative estimate of drug-likeness (QED) is 0.297. The molecule has 1 atom stereocenters. The Morgan fingerprint density at radius 1 is 1.02 bits per heavy atom. The number of allylic oxidation sites excluding steroid dienone is 1. The van der Waals surface area contributed by atoms with Crippen molar-refractivity contribution < 1.29 is 23.7 Å². The molecule has 8 nitrogen and oxygen atoms in total. The molecule has 0 spiro atoms. The van der Waals surface area contributed by atoms with E-state index in [1.807, 2.05) is 69.3 Å². The second kappa shape index (κ2) is 13.2. The molecule has 3 aromatic rings. The molecule has 1 unspecified atom stereocenters. The molecule has 1 aromatic heterocycles. The highest BCUT2D eigenvalue weighted by Gasteiger charge is 2.35. The Balaban J connectivity index is 1.88. The Morgan fingerprint density at radius 3 is 2.46 bits per heavy atom. The highest BCUT2D eigenvalue weighted by Crippen LogP contribution is 2.36. The molecule has 0 radical (unpaired) electrons. The maximum Gasteiger partial charge on any atom is 0.338 e. The zero-order valence-corrected chi connectivity index (χ0v) is 25.5. The summed E-state index contributed by atoms with van der Waals surface area (Å²) in [5.74, 6) is 1.74. The Kier molecular flexibility index (Phi) is 9.70. The molecule has 0 amide bonds. The van der Waals surface area contributed by atoms with Gasteiger partial charge in [-0.1, -0.05) is 49.4 Å². The van der Waals surface area contributed by atoms with Crippen molar-refractivity contribution in [2.45, 2.75) is 60.6 Å². The lowest BCUT2D eigenvalue weighted by molar-refractivity contribution is -0.139. The van der Waals surface area contributed by atoms with Crippen molar-refractivity contribution in [3.05, 3.63) is 84.5 Å². The van der Waals surface area contributed by atoms with Crippen molar-refractivity contribution in [3.8, 4) is 17.2 Å². The zero-order chi connectivity index (χ0) is 29.7. The van der Waals surface area contributed by atoms with Crippen LogP contribution < -0.4 is 29.1 Å². The molecule has 2 aromatic carbocycles. The van der Waals surface area contributed by atoms with Crippen molar-refractivity contribution in [3.63, 3.8) is 0 Å².